The van der Waals surface area contributed by atoms with Gasteiger partial charge in [-0.05, 0) is 36.6 Å². The average Bonchev–Trinajstić information content (AvgIpc) is 2.79. The van der Waals surface area contributed by atoms with Crippen molar-refractivity contribution in [2.24, 2.45) is 0 Å². The van der Waals surface area contributed by atoms with E-state index in [1.54, 1.807) is 12.1 Å². The van der Waals surface area contributed by atoms with Crippen molar-refractivity contribution >= 4 is 27.1 Å². The summed E-state index contributed by atoms with van der Waals surface area (Å²) in [5, 5.41) is 0. The van der Waals surface area contributed by atoms with Gasteiger partial charge in [0.25, 0.3) is 0 Å². The van der Waals surface area contributed by atoms with Crippen LogP contribution in [0.15, 0.2) is 30.3 Å². The zero-order valence-corrected chi connectivity index (χ0v) is 14.4. The Morgan fingerprint density at radius 1 is 1.23 bits per heavy atom. The van der Waals surface area contributed by atoms with E-state index in [2.05, 4.69) is 0 Å². The fourth-order valence-corrected chi connectivity index (χ4v) is 3.97. The molecule has 0 saturated heterocycles. The number of carbonyl (C=O) groups is 1. The molecule has 2 aromatic rings. The van der Waals surface area contributed by atoms with Crippen LogP contribution in [0, 0.1) is 6.92 Å². The monoisotopic (exact) mass is 338 g/mol. The minimum absolute atomic E-state index is 0.0613. The second kappa shape index (κ2) is 6.62. The van der Waals surface area contributed by atoms with Crippen LogP contribution in [0.25, 0.3) is 0 Å². The van der Waals surface area contributed by atoms with Crippen molar-refractivity contribution < 1.29 is 17.9 Å². The molecule has 2 rings (SSSR count). The minimum Gasteiger partial charge on any atom is -0.422 e. The van der Waals surface area contributed by atoms with Gasteiger partial charge in [0.1, 0.15) is 10.6 Å². The summed E-state index contributed by atoms with van der Waals surface area (Å²) in [6.07, 6.45) is 1.95. The Morgan fingerprint density at radius 3 is 2.55 bits per heavy atom. The maximum absolute atomic E-state index is 12.3. The predicted octanol–water partition coefficient (Wildman–Crippen LogP) is 3.38. The molecule has 1 heterocycles. The van der Waals surface area contributed by atoms with Gasteiger partial charge in [0.2, 0.25) is 0 Å². The van der Waals surface area contributed by atoms with Crippen molar-refractivity contribution in [3.05, 3.63) is 51.2 Å². The third-order valence-electron chi connectivity index (χ3n) is 3.20. The highest BCUT2D eigenvalue weighted by Crippen LogP contribution is 2.26. The van der Waals surface area contributed by atoms with Crippen LogP contribution in [0.4, 0.5) is 0 Å². The second-order valence-electron chi connectivity index (χ2n) is 5.11. The van der Waals surface area contributed by atoms with Gasteiger partial charge >= 0.3 is 5.97 Å². The molecule has 0 aliphatic carbocycles. The number of rotatable bonds is 5. The summed E-state index contributed by atoms with van der Waals surface area (Å²) in [6, 6.07) is 9.00. The molecular formula is C16H18O4S2. The Kier molecular flexibility index (Phi) is 5.03. The molecule has 0 unspecified atom stereocenters. The summed E-state index contributed by atoms with van der Waals surface area (Å²) < 4.78 is 28.2. The number of carbonyl (C=O) groups excluding carboxylic acids is 1. The standard InChI is InChI=1S/C16H18O4S2/c1-4-12-7-5-6-8-14(12)20-16(17)15-9-13(11(2)21-15)10-22(3,18)19/h5-9H,4,10H2,1-3H3. The largest absolute Gasteiger partial charge is 0.422 e. The molecule has 118 valence electrons. The third kappa shape index (κ3) is 4.18. The molecule has 22 heavy (non-hydrogen) atoms. The Hall–Kier alpha value is -1.66. The van der Waals surface area contributed by atoms with E-state index in [4.69, 9.17) is 4.74 Å². The molecule has 0 aliphatic rings. The van der Waals surface area contributed by atoms with Crippen LogP contribution < -0.4 is 4.74 Å². The van der Waals surface area contributed by atoms with Crippen LogP contribution in [0.5, 0.6) is 5.75 Å². The van der Waals surface area contributed by atoms with Crippen LogP contribution in [0.1, 0.15) is 32.6 Å². The molecular weight excluding hydrogens is 320 g/mol. The van der Waals surface area contributed by atoms with E-state index in [0.29, 0.717) is 16.2 Å². The number of para-hydroxylation sites is 1. The Bertz CT molecular complexity index is 788. The van der Waals surface area contributed by atoms with E-state index >= 15 is 0 Å². The minimum atomic E-state index is -3.13. The van der Waals surface area contributed by atoms with E-state index in [0.717, 1.165) is 16.9 Å². The van der Waals surface area contributed by atoms with Crippen LogP contribution in [0.3, 0.4) is 0 Å². The van der Waals surface area contributed by atoms with Gasteiger partial charge in [-0.15, -0.1) is 11.3 Å². The van der Waals surface area contributed by atoms with Gasteiger partial charge in [-0.1, -0.05) is 25.1 Å². The van der Waals surface area contributed by atoms with Crippen LogP contribution in [-0.4, -0.2) is 20.6 Å². The molecule has 1 aromatic carbocycles. The zero-order valence-electron chi connectivity index (χ0n) is 12.8. The first kappa shape index (κ1) is 16.7. The van der Waals surface area contributed by atoms with Crippen molar-refractivity contribution in [3.8, 4) is 5.75 Å². The summed E-state index contributed by atoms with van der Waals surface area (Å²) in [5.74, 6) is 0.0354. The van der Waals surface area contributed by atoms with Gasteiger partial charge in [-0.3, -0.25) is 0 Å². The number of hydrogen-bond acceptors (Lipinski definition) is 5. The van der Waals surface area contributed by atoms with Crippen molar-refractivity contribution in [1.29, 1.82) is 0 Å². The summed E-state index contributed by atoms with van der Waals surface area (Å²) in [5.41, 5.74) is 1.61. The number of aryl methyl sites for hydroxylation is 2. The normalized spacial score (nSPS) is 11.4. The lowest BCUT2D eigenvalue weighted by molar-refractivity contribution is 0.0738. The number of benzene rings is 1. The number of ether oxygens (including phenoxy) is 1. The van der Waals surface area contributed by atoms with E-state index in [-0.39, 0.29) is 5.75 Å². The maximum atomic E-state index is 12.3. The molecule has 0 radical (unpaired) electrons. The second-order valence-corrected chi connectivity index (χ2v) is 8.51. The van der Waals surface area contributed by atoms with Crippen LogP contribution >= 0.6 is 11.3 Å². The Labute approximate surface area is 134 Å². The molecule has 0 aliphatic heterocycles. The first-order chi connectivity index (χ1) is 10.3. The third-order valence-corrected chi connectivity index (χ3v) is 5.10. The smallest absolute Gasteiger partial charge is 0.353 e. The summed E-state index contributed by atoms with van der Waals surface area (Å²) in [6.45, 7) is 3.80. The number of esters is 1. The van der Waals surface area contributed by atoms with E-state index in [1.165, 1.54) is 17.6 Å². The SMILES string of the molecule is CCc1ccccc1OC(=O)c1cc(CS(C)(=O)=O)c(C)s1. The fourth-order valence-electron chi connectivity index (χ4n) is 2.09. The van der Waals surface area contributed by atoms with Crippen molar-refractivity contribution in [2.75, 3.05) is 6.26 Å². The number of hydrogen-bond donors (Lipinski definition) is 0. The highest BCUT2D eigenvalue weighted by molar-refractivity contribution is 7.89. The first-order valence-corrected chi connectivity index (χ1v) is 9.75. The fraction of sp³-hybridized carbons (Fsp3) is 0.312. The molecule has 0 N–H and O–H groups in total. The quantitative estimate of drug-likeness (QED) is 0.619. The van der Waals surface area contributed by atoms with Crippen molar-refractivity contribution in [2.45, 2.75) is 26.0 Å². The molecule has 0 bridgehead atoms. The number of sulfone groups is 1. The highest BCUT2D eigenvalue weighted by atomic mass is 32.2. The lowest BCUT2D eigenvalue weighted by Gasteiger charge is -2.07. The van der Waals surface area contributed by atoms with Gasteiger partial charge in [-0.2, -0.15) is 0 Å². The molecule has 4 nitrogen and oxygen atoms in total. The van der Waals surface area contributed by atoms with Gasteiger partial charge < -0.3 is 4.74 Å². The highest BCUT2D eigenvalue weighted by Gasteiger charge is 2.17. The summed E-state index contributed by atoms with van der Waals surface area (Å²) in [4.78, 5) is 13.5. The van der Waals surface area contributed by atoms with E-state index in [9.17, 15) is 13.2 Å². The van der Waals surface area contributed by atoms with Gasteiger partial charge in [0.05, 0.1) is 5.75 Å². The molecule has 0 fully saturated rings. The molecule has 0 amide bonds. The lowest BCUT2D eigenvalue weighted by Crippen LogP contribution is -2.08. The Balaban J connectivity index is 2.22. The van der Waals surface area contributed by atoms with Gasteiger partial charge in [0.15, 0.2) is 9.84 Å². The van der Waals surface area contributed by atoms with Gasteiger partial charge in [-0.25, -0.2) is 13.2 Å². The predicted molar refractivity (Wildman–Crippen MR) is 88.4 cm³/mol. The summed E-state index contributed by atoms with van der Waals surface area (Å²) >= 11 is 1.26. The molecule has 6 heteroatoms. The van der Waals surface area contributed by atoms with E-state index < -0.39 is 15.8 Å². The molecule has 0 saturated carbocycles. The van der Waals surface area contributed by atoms with Crippen molar-refractivity contribution in [1.82, 2.24) is 0 Å². The first-order valence-electron chi connectivity index (χ1n) is 6.87. The zero-order chi connectivity index (χ0) is 16.3. The Morgan fingerprint density at radius 2 is 1.91 bits per heavy atom. The summed E-state index contributed by atoms with van der Waals surface area (Å²) in [7, 11) is -3.13. The number of thiophene rings is 1. The average molecular weight is 338 g/mol. The topological polar surface area (TPSA) is 60.4 Å². The lowest BCUT2D eigenvalue weighted by atomic mass is 10.1. The van der Waals surface area contributed by atoms with Gasteiger partial charge in [0, 0.05) is 11.1 Å². The van der Waals surface area contributed by atoms with Crippen molar-refractivity contribution in [3.63, 3.8) is 0 Å². The molecule has 1 aromatic heterocycles. The van der Waals surface area contributed by atoms with E-state index in [1.807, 2.05) is 32.0 Å². The van der Waals surface area contributed by atoms with Crippen LogP contribution in [-0.2, 0) is 22.0 Å². The van der Waals surface area contributed by atoms with Crippen LogP contribution in [0.2, 0.25) is 0 Å². The molecule has 0 spiro atoms. The molecule has 0 atom stereocenters. The maximum Gasteiger partial charge on any atom is 0.353 e.